The van der Waals surface area contributed by atoms with E-state index >= 15 is 0 Å². The number of halogens is 1. The normalized spacial score (nSPS) is 15.2. The van der Waals surface area contributed by atoms with Gasteiger partial charge in [-0.2, -0.15) is 0 Å². The lowest BCUT2D eigenvalue weighted by Gasteiger charge is -2.34. The van der Waals surface area contributed by atoms with E-state index in [2.05, 4.69) is 29.2 Å². The van der Waals surface area contributed by atoms with E-state index < -0.39 is 0 Å². The zero-order chi connectivity index (χ0) is 17.5. The molecular weight excluding hydrogens is 336 g/mol. The maximum absolute atomic E-state index is 12.3. The largest absolute Gasteiger partial charge is 0.482 e. The van der Waals surface area contributed by atoms with Crippen molar-refractivity contribution >= 4 is 17.5 Å². The first-order valence-corrected chi connectivity index (χ1v) is 9.01. The van der Waals surface area contributed by atoms with Crippen molar-refractivity contribution in [3.05, 3.63) is 65.2 Å². The van der Waals surface area contributed by atoms with Crippen LogP contribution < -0.4 is 4.74 Å². The maximum atomic E-state index is 12.3. The molecule has 2 aromatic rings. The van der Waals surface area contributed by atoms with Crippen LogP contribution in [-0.4, -0.2) is 55.0 Å². The average Bonchev–Trinajstić information content (AvgIpc) is 2.67. The van der Waals surface area contributed by atoms with E-state index in [0.717, 1.165) is 39.1 Å². The quantitative estimate of drug-likeness (QED) is 0.795. The molecule has 25 heavy (non-hydrogen) atoms. The van der Waals surface area contributed by atoms with Crippen molar-refractivity contribution in [2.45, 2.75) is 6.42 Å². The summed E-state index contributed by atoms with van der Waals surface area (Å²) in [6.45, 7) is 4.38. The highest BCUT2D eigenvalue weighted by Crippen LogP contribution is 2.23. The molecule has 2 aromatic carbocycles. The Morgan fingerprint density at radius 2 is 1.64 bits per heavy atom. The number of hydrogen-bond acceptors (Lipinski definition) is 3. The summed E-state index contributed by atoms with van der Waals surface area (Å²) in [5.41, 5.74) is 1.36. The van der Waals surface area contributed by atoms with Crippen LogP contribution in [0.15, 0.2) is 54.6 Å². The van der Waals surface area contributed by atoms with Gasteiger partial charge in [-0.3, -0.25) is 9.69 Å². The summed E-state index contributed by atoms with van der Waals surface area (Å²) in [5.74, 6) is 0.571. The van der Waals surface area contributed by atoms with Crippen LogP contribution >= 0.6 is 11.6 Å². The van der Waals surface area contributed by atoms with E-state index in [0.29, 0.717) is 10.8 Å². The van der Waals surface area contributed by atoms with Gasteiger partial charge in [-0.05, 0) is 24.1 Å². The van der Waals surface area contributed by atoms with Crippen LogP contribution in [0.3, 0.4) is 0 Å². The Labute approximate surface area is 154 Å². The van der Waals surface area contributed by atoms with E-state index in [9.17, 15) is 4.79 Å². The molecule has 1 aliphatic rings. The van der Waals surface area contributed by atoms with Crippen LogP contribution in [0.4, 0.5) is 0 Å². The van der Waals surface area contributed by atoms with Crippen molar-refractivity contribution in [3.8, 4) is 5.75 Å². The van der Waals surface area contributed by atoms with Crippen LogP contribution in [-0.2, 0) is 11.2 Å². The van der Waals surface area contributed by atoms with E-state index in [1.165, 1.54) is 5.56 Å². The van der Waals surface area contributed by atoms with Crippen molar-refractivity contribution in [3.63, 3.8) is 0 Å². The highest BCUT2D eigenvalue weighted by atomic mass is 35.5. The lowest BCUT2D eigenvalue weighted by atomic mass is 10.1. The van der Waals surface area contributed by atoms with Gasteiger partial charge in [0.05, 0.1) is 5.02 Å². The molecule has 0 aromatic heterocycles. The third kappa shape index (κ3) is 5.21. The lowest BCUT2D eigenvalue weighted by Crippen LogP contribution is -2.50. The Balaban J connectivity index is 1.39. The van der Waals surface area contributed by atoms with Gasteiger partial charge >= 0.3 is 0 Å². The number of rotatable bonds is 6. The van der Waals surface area contributed by atoms with Gasteiger partial charge in [0.15, 0.2) is 6.61 Å². The van der Waals surface area contributed by atoms with Gasteiger partial charge in [-0.25, -0.2) is 0 Å². The number of amides is 1. The number of para-hydroxylation sites is 1. The summed E-state index contributed by atoms with van der Waals surface area (Å²) in [6, 6.07) is 17.7. The Bertz CT molecular complexity index is 685. The van der Waals surface area contributed by atoms with Crippen LogP contribution in [0.1, 0.15) is 5.56 Å². The molecule has 0 N–H and O–H groups in total. The second kappa shape index (κ2) is 8.88. The van der Waals surface area contributed by atoms with Crippen molar-refractivity contribution in [1.82, 2.24) is 9.80 Å². The molecule has 1 fully saturated rings. The first kappa shape index (κ1) is 17.8. The Hall–Kier alpha value is -2.04. The number of carbonyl (C=O) groups excluding carboxylic acids is 1. The van der Waals surface area contributed by atoms with E-state index in [1.54, 1.807) is 12.1 Å². The molecule has 4 nitrogen and oxygen atoms in total. The van der Waals surface area contributed by atoms with Gasteiger partial charge < -0.3 is 9.64 Å². The smallest absolute Gasteiger partial charge is 0.260 e. The third-order valence-corrected chi connectivity index (χ3v) is 4.78. The molecule has 0 bridgehead atoms. The van der Waals surface area contributed by atoms with Crippen molar-refractivity contribution in [1.29, 1.82) is 0 Å². The van der Waals surface area contributed by atoms with E-state index in [1.807, 2.05) is 23.1 Å². The van der Waals surface area contributed by atoms with Crippen LogP contribution in [0.5, 0.6) is 5.75 Å². The number of nitrogens with zero attached hydrogens (tertiary/aromatic N) is 2. The molecule has 132 valence electrons. The van der Waals surface area contributed by atoms with Gasteiger partial charge in [0.2, 0.25) is 0 Å². The topological polar surface area (TPSA) is 32.8 Å². The first-order valence-electron chi connectivity index (χ1n) is 8.64. The van der Waals surface area contributed by atoms with Crippen molar-refractivity contribution < 1.29 is 9.53 Å². The van der Waals surface area contributed by atoms with Crippen LogP contribution in [0.25, 0.3) is 0 Å². The molecule has 0 radical (unpaired) electrons. The number of piperazine rings is 1. The fraction of sp³-hybridized carbons (Fsp3) is 0.350. The number of carbonyl (C=O) groups is 1. The minimum absolute atomic E-state index is 0.0163. The van der Waals surface area contributed by atoms with Crippen LogP contribution in [0.2, 0.25) is 5.02 Å². The number of ether oxygens (including phenoxy) is 1. The Morgan fingerprint density at radius 1 is 0.960 bits per heavy atom. The molecule has 1 saturated heterocycles. The third-order valence-electron chi connectivity index (χ3n) is 4.47. The van der Waals surface area contributed by atoms with E-state index in [4.69, 9.17) is 16.3 Å². The molecule has 0 atom stereocenters. The molecule has 1 heterocycles. The van der Waals surface area contributed by atoms with Gasteiger partial charge in [0.1, 0.15) is 5.75 Å². The summed E-state index contributed by atoms with van der Waals surface area (Å²) < 4.78 is 5.55. The van der Waals surface area contributed by atoms with Gasteiger partial charge in [-0.15, -0.1) is 0 Å². The Morgan fingerprint density at radius 3 is 2.36 bits per heavy atom. The Kier molecular flexibility index (Phi) is 6.31. The predicted molar refractivity (Wildman–Crippen MR) is 100 cm³/mol. The molecule has 1 amide bonds. The maximum Gasteiger partial charge on any atom is 0.260 e. The second-order valence-electron chi connectivity index (χ2n) is 6.18. The molecule has 0 aliphatic carbocycles. The molecule has 0 saturated carbocycles. The summed E-state index contributed by atoms with van der Waals surface area (Å²) in [7, 11) is 0. The second-order valence-corrected chi connectivity index (χ2v) is 6.58. The fourth-order valence-corrected chi connectivity index (χ4v) is 3.14. The molecule has 5 heteroatoms. The minimum atomic E-state index is 0.0163. The monoisotopic (exact) mass is 358 g/mol. The van der Waals surface area contributed by atoms with Gasteiger partial charge in [0.25, 0.3) is 5.91 Å². The number of benzene rings is 2. The molecule has 0 spiro atoms. The minimum Gasteiger partial charge on any atom is -0.482 e. The fourth-order valence-electron chi connectivity index (χ4n) is 2.95. The molecule has 1 aliphatic heterocycles. The van der Waals surface area contributed by atoms with Crippen LogP contribution in [0, 0.1) is 0 Å². The van der Waals surface area contributed by atoms with E-state index in [-0.39, 0.29) is 12.5 Å². The predicted octanol–water partition coefficient (Wildman–Crippen LogP) is 3.11. The number of hydrogen-bond donors (Lipinski definition) is 0. The van der Waals surface area contributed by atoms with Gasteiger partial charge in [0, 0.05) is 32.7 Å². The summed E-state index contributed by atoms with van der Waals surface area (Å²) in [5, 5.41) is 0.529. The summed E-state index contributed by atoms with van der Waals surface area (Å²) in [6.07, 6.45) is 1.05. The summed E-state index contributed by atoms with van der Waals surface area (Å²) in [4.78, 5) is 16.6. The highest BCUT2D eigenvalue weighted by Gasteiger charge is 2.21. The lowest BCUT2D eigenvalue weighted by molar-refractivity contribution is -0.135. The average molecular weight is 359 g/mol. The van der Waals surface area contributed by atoms with Gasteiger partial charge in [-0.1, -0.05) is 54.1 Å². The first-order chi connectivity index (χ1) is 12.2. The molecule has 3 rings (SSSR count). The highest BCUT2D eigenvalue weighted by molar-refractivity contribution is 6.32. The van der Waals surface area contributed by atoms with Crippen molar-refractivity contribution in [2.24, 2.45) is 0 Å². The standard InChI is InChI=1S/C20H23ClN2O2/c21-18-8-4-5-9-19(18)25-16-20(24)23-14-12-22(13-15-23)11-10-17-6-2-1-3-7-17/h1-9H,10-16H2. The summed E-state index contributed by atoms with van der Waals surface area (Å²) >= 11 is 6.04. The molecular formula is C20H23ClN2O2. The SMILES string of the molecule is O=C(COc1ccccc1Cl)N1CCN(CCc2ccccc2)CC1. The zero-order valence-corrected chi connectivity index (χ0v) is 15.0. The zero-order valence-electron chi connectivity index (χ0n) is 14.2. The molecule has 0 unspecified atom stereocenters. The van der Waals surface area contributed by atoms with Crippen molar-refractivity contribution in [2.75, 3.05) is 39.3 Å².